The third kappa shape index (κ3) is 3.50. The van der Waals surface area contributed by atoms with Gasteiger partial charge in [0.05, 0.1) is 12.7 Å². The Kier molecular flexibility index (Phi) is 4.62. The van der Waals surface area contributed by atoms with Crippen molar-refractivity contribution in [1.82, 2.24) is 19.4 Å². The Morgan fingerprint density at radius 1 is 1.06 bits per heavy atom. The van der Waals surface area contributed by atoms with Crippen molar-refractivity contribution in [3.05, 3.63) is 83.5 Å². The maximum absolute atomic E-state index is 13.5. The van der Waals surface area contributed by atoms with Gasteiger partial charge in [0.15, 0.2) is 0 Å². The molecule has 1 aliphatic heterocycles. The lowest BCUT2D eigenvalue weighted by Crippen LogP contribution is -2.36. The van der Waals surface area contributed by atoms with Crippen molar-refractivity contribution in [2.75, 3.05) is 6.54 Å². The number of oxazole rings is 1. The average molecular weight is 420 g/mol. The molecule has 5 rings (SSSR count). The first-order valence-corrected chi connectivity index (χ1v) is 9.81. The standard InChI is InChI=1S/C23H18F2N4O2/c1-28-19(12-26-21(28)14-5-3-2-4-6-14)23(30)29-8-7-20-18(13-29)27-22(31-20)15-9-16(24)11-17(25)10-15/h2-6,9-12H,7-8,13H2,1H3. The minimum absolute atomic E-state index is 0.143. The minimum atomic E-state index is -0.701. The lowest BCUT2D eigenvalue weighted by molar-refractivity contribution is 0.0718. The lowest BCUT2D eigenvalue weighted by Gasteiger charge is -2.25. The summed E-state index contributed by atoms with van der Waals surface area (Å²) in [6.45, 7) is 0.700. The van der Waals surface area contributed by atoms with E-state index < -0.39 is 11.6 Å². The second-order valence-corrected chi connectivity index (χ2v) is 7.42. The summed E-state index contributed by atoms with van der Waals surface area (Å²) >= 11 is 0. The zero-order valence-electron chi connectivity index (χ0n) is 16.7. The second kappa shape index (κ2) is 7.46. The number of nitrogens with zero attached hydrogens (tertiary/aromatic N) is 4. The van der Waals surface area contributed by atoms with Crippen LogP contribution in [0.2, 0.25) is 0 Å². The molecule has 0 fully saturated rings. The molecule has 0 spiro atoms. The van der Waals surface area contributed by atoms with Gasteiger partial charge in [-0.25, -0.2) is 18.7 Å². The number of carbonyl (C=O) groups excluding carboxylic acids is 1. The van der Waals surface area contributed by atoms with Crippen molar-refractivity contribution in [1.29, 1.82) is 0 Å². The first kappa shape index (κ1) is 19.2. The number of amides is 1. The van der Waals surface area contributed by atoms with Crippen molar-refractivity contribution in [3.8, 4) is 22.8 Å². The molecule has 3 heterocycles. The van der Waals surface area contributed by atoms with E-state index in [4.69, 9.17) is 4.42 Å². The molecule has 1 aliphatic rings. The van der Waals surface area contributed by atoms with Crippen LogP contribution < -0.4 is 0 Å². The van der Waals surface area contributed by atoms with Crippen LogP contribution >= 0.6 is 0 Å². The number of imidazole rings is 1. The molecular formula is C23H18F2N4O2. The molecule has 0 aliphatic carbocycles. The molecule has 6 nitrogen and oxygen atoms in total. The molecule has 156 valence electrons. The van der Waals surface area contributed by atoms with E-state index in [0.717, 1.165) is 11.6 Å². The van der Waals surface area contributed by atoms with Gasteiger partial charge in [0, 0.05) is 37.2 Å². The Morgan fingerprint density at radius 3 is 2.55 bits per heavy atom. The summed E-state index contributed by atoms with van der Waals surface area (Å²) in [6.07, 6.45) is 2.04. The predicted molar refractivity (Wildman–Crippen MR) is 109 cm³/mol. The monoisotopic (exact) mass is 420 g/mol. The molecule has 0 atom stereocenters. The van der Waals surface area contributed by atoms with Crippen LogP contribution in [-0.4, -0.2) is 31.9 Å². The molecule has 0 bridgehead atoms. The number of rotatable bonds is 3. The van der Waals surface area contributed by atoms with Gasteiger partial charge < -0.3 is 13.9 Å². The van der Waals surface area contributed by atoms with Gasteiger partial charge in [0.25, 0.3) is 5.91 Å². The molecule has 8 heteroatoms. The van der Waals surface area contributed by atoms with Crippen LogP contribution in [0.15, 0.2) is 59.1 Å². The maximum atomic E-state index is 13.5. The van der Waals surface area contributed by atoms with Crippen LogP contribution in [0.4, 0.5) is 8.78 Å². The van der Waals surface area contributed by atoms with Crippen molar-refractivity contribution < 1.29 is 18.0 Å². The van der Waals surface area contributed by atoms with E-state index in [1.54, 1.807) is 15.7 Å². The summed E-state index contributed by atoms with van der Waals surface area (Å²) in [5.74, 6) is -0.0900. The molecule has 0 saturated carbocycles. The minimum Gasteiger partial charge on any atom is -0.441 e. The third-order valence-electron chi connectivity index (χ3n) is 5.36. The molecule has 0 saturated heterocycles. The molecule has 4 aromatic rings. The Bertz CT molecular complexity index is 1260. The SMILES string of the molecule is Cn1c(C(=O)N2CCc3oc(-c4cc(F)cc(F)c4)nc3C2)cnc1-c1ccccc1. The van der Waals surface area contributed by atoms with Gasteiger partial charge in [-0.05, 0) is 12.1 Å². The molecular weight excluding hydrogens is 402 g/mol. The van der Waals surface area contributed by atoms with Crippen molar-refractivity contribution >= 4 is 5.91 Å². The number of hydrogen-bond donors (Lipinski definition) is 0. The first-order valence-electron chi connectivity index (χ1n) is 9.81. The zero-order valence-corrected chi connectivity index (χ0v) is 16.7. The molecule has 31 heavy (non-hydrogen) atoms. The zero-order chi connectivity index (χ0) is 21.5. The fourth-order valence-corrected chi connectivity index (χ4v) is 3.80. The number of benzene rings is 2. The largest absolute Gasteiger partial charge is 0.441 e. The van der Waals surface area contributed by atoms with Gasteiger partial charge in [0.2, 0.25) is 5.89 Å². The van der Waals surface area contributed by atoms with Gasteiger partial charge in [-0.3, -0.25) is 4.79 Å². The molecule has 0 unspecified atom stereocenters. The summed E-state index contributed by atoms with van der Waals surface area (Å²) < 4.78 is 34.6. The highest BCUT2D eigenvalue weighted by Crippen LogP contribution is 2.28. The van der Waals surface area contributed by atoms with E-state index in [0.29, 0.717) is 35.9 Å². The predicted octanol–water partition coefficient (Wildman–Crippen LogP) is 4.22. The molecule has 2 aromatic heterocycles. The molecule has 2 aromatic carbocycles. The fourth-order valence-electron chi connectivity index (χ4n) is 3.80. The highest BCUT2D eigenvalue weighted by molar-refractivity contribution is 5.93. The third-order valence-corrected chi connectivity index (χ3v) is 5.36. The van der Waals surface area contributed by atoms with Crippen LogP contribution in [0, 0.1) is 11.6 Å². The maximum Gasteiger partial charge on any atom is 0.272 e. The van der Waals surface area contributed by atoms with Crippen molar-refractivity contribution in [2.45, 2.75) is 13.0 Å². The van der Waals surface area contributed by atoms with E-state index in [2.05, 4.69) is 9.97 Å². The normalized spacial score (nSPS) is 13.3. The Balaban J connectivity index is 1.39. The topological polar surface area (TPSA) is 64.2 Å². The second-order valence-electron chi connectivity index (χ2n) is 7.42. The van der Waals surface area contributed by atoms with Crippen LogP contribution in [-0.2, 0) is 20.0 Å². The summed E-state index contributed by atoms with van der Waals surface area (Å²) in [4.78, 5) is 23.6. The Labute approximate surface area is 176 Å². The fraction of sp³-hybridized carbons (Fsp3) is 0.174. The number of halogens is 2. The Hall–Kier alpha value is -3.81. The number of carbonyl (C=O) groups is 1. The van der Waals surface area contributed by atoms with E-state index in [-0.39, 0.29) is 23.9 Å². The Morgan fingerprint density at radius 2 is 1.81 bits per heavy atom. The van der Waals surface area contributed by atoms with E-state index in [9.17, 15) is 13.6 Å². The van der Waals surface area contributed by atoms with Gasteiger partial charge in [0.1, 0.15) is 34.6 Å². The molecule has 0 radical (unpaired) electrons. The van der Waals surface area contributed by atoms with Gasteiger partial charge in [-0.2, -0.15) is 0 Å². The molecule has 1 amide bonds. The van der Waals surface area contributed by atoms with Crippen LogP contribution in [0.3, 0.4) is 0 Å². The number of fused-ring (bicyclic) bond motifs is 1. The van der Waals surface area contributed by atoms with Gasteiger partial charge in [-0.15, -0.1) is 0 Å². The van der Waals surface area contributed by atoms with E-state index >= 15 is 0 Å². The number of aromatic nitrogens is 3. The van der Waals surface area contributed by atoms with Gasteiger partial charge >= 0.3 is 0 Å². The van der Waals surface area contributed by atoms with Crippen molar-refractivity contribution in [3.63, 3.8) is 0 Å². The van der Waals surface area contributed by atoms with E-state index in [1.165, 1.54) is 12.1 Å². The van der Waals surface area contributed by atoms with E-state index in [1.807, 2.05) is 37.4 Å². The lowest BCUT2D eigenvalue weighted by atomic mass is 10.1. The highest BCUT2D eigenvalue weighted by atomic mass is 19.1. The summed E-state index contributed by atoms with van der Waals surface area (Å²) in [6, 6.07) is 12.8. The summed E-state index contributed by atoms with van der Waals surface area (Å²) in [5, 5.41) is 0. The van der Waals surface area contributed by atoms with Crippen LogP contribution in [0.1, 0.15) is 21.9 Å². The number of hydrogen-bond acceptors (Lipinski definition) is 4. The average Bonchev–Trinajstić information content (AvgIpc) is 3.36. The highest BCUT2D eigenvalue weighted by Gasteiger charge is 2.28. The summed E-state index contributed by atoms with van der Waals surface area (Å²) in [7, 11) is 1.81. The quantitative estimate of drug-likeness (QED) is 0.498. The van der Waals surface area contributed by atoms with Gasteiger partial charge in [-0.1, -0.05) is 30.3 Å². The van der Waals surface area contributed by atoms with Crippen molar-refractivity contribution in [2.24, 2.45) is 7.05 Å². The summed E-state index contributed by atoms with van der Waals surface area (Å²) in [5.41, 5.74) is 2.21. The molecule has 0 N–H and O–H groups in total. The van der Waals surface area contributed by atoms with Crippen LogP contribution in [0.25, 0.3) is 22.8 Å². The first-order chi connectivity index (χ1) is 15.0. The smallest absolute Gasteiger partial charge is 0.272 e. The van der Waals surface area contributed by atoms with Crippen LogP contribution in [0.5, 0.6) is 0 Å².